The van der Waals surface area contributed by atoms with Crippen molar-refractivity contribution in [2.75, 3.05) is 20.2 Å². The fourth-order valence-electron chi connectivity index (χ4n) is 2.67. The summed E-state index contributed by atoms with van der Waals surface area (Å²) in [6.07, 6.45) is 3.22. The highest BCUT2D eigenvalue weighted by molar-refractivity contribution is 5.85. The van der Waals surface area contributed by atoms with Crippen molar-refractivity contribution < 1.29 is 14.3 Å². The number of nitrogens with one attached hydrogen (secondary N) is 1. The Bertz CT molecular complexity index is 522. The van der Waals surface area contributed by atoms with E-state index in [0.717, 1.165) is 38.1 Å². The van der Waals surface area contributed by atoms with Crippen LogP contribution in [0.5, 0.6) is 11.5 Å². The van der Waals surface area contributed by atoms with Crippen molar-refractivity contribution in [3.63, 3.8) is 0 Å². The highest BCUT2D eigenvalue weighted by Gasteiger charge is 2.21. The lowest BCUT2D eigenvalue weighted by Gasteiger charge is -2.32. The van der Waals surface area contributed by atoms with E-state index in [1.54, 1.807) is 31.4 Å². The van der Waals surface area contributed by atoms with E-state index in [1.807, 2.05) is 4.90 Å². The van der Waals surface area contributed by atoms with Crippen molar-refractivity contribution >= 4 is 24.3 Å². The molecule has 0 aliphatic carbocycles. The molecule has 0 amide bonds. The summed E-state index contributed by atoms with van der Waals surface area (Å²) in [6, 6.07) is 6.95. The molecule has 6 nitrogen and oxygen atoms in total. The van der Waals surface area contributed by atoms with Crippen molar-refractivity contribution in [2.45, 2.75) is 25.7 Å². The smallest absolute Gasteiger partial charge is 0.311 e. The van der Waals surface area contributed by atoms with Gasteiger partial charge in [-0.2, -0.15) is 0 Å². The monoisotopic (exact) mass is 341 g/mol. The van der Waals surface area contributed by atoms with Crippen LogP contribution in [0.2, 0.25) is 0 Å². The Morgan fingerprint density at radius 1 is 1.35 bits per heavy atom. The first-order chi connectivity index (χ1) is 10.6. The molecule has 3 N–H and O–H groups in total. The van der Waals surface area contributed by atoms with Gasteiger partial charge in [0.25, 0.3) is 0 Å². The number of carbonyl (C=O) groups excluding carboxylic acids is 1. The Hall–Kier alpha value is -1.95. The van der Waals surface area contributed by atoms with Crippen LogP contribution in [-0.2, 0) is 4.79 Å². The van der Waals surface area contributed by atoms with E-state index >= 15 is 0 Å². The number of piperidine rings is 1. The number of halogens is 1. The first-order valence-electron chi connectivity index (χ1n) is 7.52. The lowest BCUT2D eigenvalue weighted by Crippen LogP contribution is -2.43. The highest BCUT2D eigenvalue weighted by atomic mass is 35.5. The maximum Gasteiger partial charge on any atom is 0.311 e. The quantitative estimate of drug-likeness (QED) is 0.371. The Morgan fingerprint density at radius 3 is 2.61 bits per heavy atom. The Labute approximate surface area is 142 Å². The molecule has 128 valence electrons. The number of carbonyl (C=O) groups is 1. The molecule has 7 heteroatoms. The van der Waals surface area contributed by atoms with Gasteiger partial charge >= 0.3 is 5.97 Å². The molecule has 1 aromatic carbocycles. The molecular weight excluding hydrogens is 318 g/mol. The summed E-state index contributed by atoms with van der Waals surface area (Å²) >= 11 is 0. The van der Waals surface area contributed by atoms with Crippen molar-refractivity contribution in [3.8, 4) is 11.5 Å². The molecule has 1 saturated heterocycles. The predicted octanol–water partition coefficient (Wildman–Crippen LogP) is 2.41. The molecule has 1 fully saturated rings. The second kappa shape index (κ2) is 9.25. The molecule has 1 unspecified atom stereocenters. The summed E-state index contributed by atoms with van der Waals surface area (Å²) in [5, 5.41) is 7.48. The van der Waals surface area contributed by atoms with Crippen molar-refractivity contribution in [2.24, 2.45) is 11.7 Å². The lowest BCUT2D eigenvalue weighted by molar-refractivity contribution is -0.134. The number of hydrogen-bond donors (Lipinski definition) is 2. The summed E-state index contributed by atoms with van der Waals surface area (Å²) < 4.78 is 10.4. The van der Waals surface area contributed by atoms with E-state index in [-0.39, 0.29) is 24.3 Å². The number of methoxy groups -OCH3 is 1. The van der Waals surface area contributed by atoms with Crippen LogP contribution >= 0.6 is 12.4 Å². The van der Waals surface area contributed by atoms with Crippen LogP contribution in [0.25, 0.3) is 0 Å². The van der Waals surface area contributed by atoms with Crippen LogP contribution in [0.1, 0.15) is 25.7 Å². The van der Waals surface area contributed by atoms with Gasteiger partial charge in [0.1, 0.15) is 11.5 Å². The number of nitrogens with zero attached hydrogens (tertiary/aromatic N) is 1. The summed E-state index contributed by atoms with van der Waals surface area (Å²) in [5.41, 5.74) is 5.52. The molecule has 2 rings (SSSR count). The van der Waals surface area contributed by atoms with E-state index in [2.05, 4.69) is 0 Å². The van der Waals surface area contributed by atoms with Gasteiger partial charge in [-0.15, -0.1) is 12.4 Å². The van der Waals surface area contributed by atoms with Crippen molar-refractivity contribution in [1.82, 2.24) is 4.90 Å². The summed E-state index contributed by atoms with van der Waals surface area (Å²) in [5.74, 6) is 1.53. The van der Waals surface area contributed by atoms with Gasteiger partial charge < -0.3 is 20.1 Å². The van der Waals surface area contributed by atoms with Gasteiger partial charge in [-0.25, -0.2) is 0 Å². The SMILES string of the molecule is COc1ccc(OC(=O)CCC2CCCN(C(=N)N)C2)cc1.Cl. The van der Waals surface area contributed by atoms with Crippen molar-refractivity contribution in [1.29, 1.82) is 5.41 Å². The van der Waals surface area contributed by atoms with Crippen LogP contribution in [0.15, 0.2) is 24.3 Å². The standard InChI is InChI=1S/C16H23N3O3.ClH/c1-21-13-5-7-14(8-6-13)22-15(20)9-4-12-3-2-10-19(11-12)16(17)18;/h5-8,12H,2-4,9-11H2,1H3,(H3,17,18);1H. The number of rotatable bonds is 5. The minimum atomic E-state index is -0.231. The summed E-state index contributed by atoms with van der Waals surface area (Å²) in [7, 11) is 1.59. The second-order valence-electron chi connectivity index (χ2n) is 5.53. The number of likely N-dealkylation sites (tertiary alicyclic amines) is 1. The van der Waals surface area contributed by atoms with Gasteiger partial charge in [0.05, 0.1) is 7.11 Å². The largest absolute Gasteiger partial charge is 0.497 e. The van der Waals surface area contributed by atoms with E-state index in [0.29, 0.717) is 18.1 Å². The number of hydrogen-bond acceptors (Lipinski definition) is 4. The van der Waals surface area contributed by atoms with Crippen LogP contribution < -0.4 is 15.2 Å². The van der Waals surface area contributed by atoms with Crippen molar-refractivity contribution in [3.05, 3.63) is 24.3 Å². The fraction of sp³-hybridized carbons (Fsp3) is 0.500. The molecule has 1 atom stereocenters. The number of benzene rings is 1. The molecule has 0 radical (unpaired) electrons. The molecule has 1 aliphatic heterocycles. The van der Waals surface area contributed by atoms with E-state index in [9.17, 15) is 4.79 Å². The topological polar surface area (TPSA) is 88.6 Å². The molecule has 0 spiro atoms. The third-order valence-electron chi connectivity index (χ3n) is 3.91. The van der Waals surface area contributed by atoms with Gasteiger partial charge in [0.15, 0.2) is 5.96 Å². The zero-order chi connectivity index (χ0) is 15.9. The summed E-state index contributed by atoms with van der Waals surface area (Å²) in [4.78, 5) is 13.8. The minimum absolute atomic E-state index is 0. The van der Waals surface area contributed by atoms with Crippen LogP contribution in [0, 0.1) is 11.3 Å². The Morgan fingerprint density at radius 2 is 2.00 bits per heavy atom. The normalized spacial score (nSPS) is 17.1. The van der Waals surface area contributed by atoms with E-state index in [1.165, 1.54) is 0 Å². The highest BCUT2D eigenvalue weighted by Crippen LogP contribution is 2.22. The Kier molecular flexibility index (Phi) is 7.68. The molecule has 0 bridgehead atoms. The predicted molar refractivity (Wildman–Crippen MR) is 91.3 cm³/mol. The molecule has 1 aliphatic rings. The van der Waals surface area contributed by atoms with E-state index in [4.69, 9.17) is 20.6 Å². The Balaban J connectivity index is 0.00000264. The lowest BCUT2D eigenvalue weighted by atomic mass is 9.93. The average molecular weight is 342 g/mol. The molecule has 0 saturated carbocycles. The number of nitrogens with two attached hydrogens (primary N) is 1. The maximum atomic E-state index is 11.9. The second-order valence-corrected chi connectivity index (χ2v) is 5.53. The molecular formula is C16H24ClN3O3. The number of ether oxygens (including phenoxy) is 2. The minimum Gasteiger partial charge on any atom is -0.497 e. The first-order valence-corrected chi connectivity index (χ1v) is 7.52. The van der Waals surface area contributed by atoms with Crippen LogP contribution in [-0.4, -0.2) is 37.0 Å². The van der Waals surface area contributed by atoms with Gasteiger partial charge in [-0.05, 0) is 49.4 Å². The maximum absolute atomic E-state index is 11.9. The summed E-state index contributed by atoms with van der Waals surface area (Å²) in [6.45, 7) is 1.59. The molecule has 0 aromatic heterocycles. The third-order valence-corrected chi connectivity index (χ3v) is 3.91. The third kappa shape index (κ3) is 5.98. The van der Waals surface area contributed by atoms with Gasteiger partial charge in [0, 0.05) is 19.5 Å². The molecule has 23 heavy (non-hydrogen) atoms. The average Bonchev–Trinajstić information content (AvgIpc) is 2.54. The van der Waals surface area contributed by atoms with Crippen LogP contribution in [0.4, 0.5) is 0 Å². The van der Waals surface area contributed by atoms with Gasteiger partial charge in [-0.1, -0.05) is 0 Å². The zero-order valence-corrected chi connectivity index (χ0v) is 14.1. The molecule has 1 heterocycles. The first kappa shape index (κ1) is 19.1. The number of guanidine groups is 1. The molecule has 1 aromatic rings. The fourth-order valence-corrected chi connectivity index (χ4v) is 2.67. The van der Waals surface area contributed by atoms with E-state index < -0.39 is 0 Å². The number of esters is 1. The van der Waals surface area contributed by atoms with Gasteiger partial charge in [-0.3, -0.25) is 10.2 Å². The van der Waals surface area contributed by atoms with Gasteiger partial charge in [0.2, 0.25) is 0 Å². The van der Waals surface area contributed by atoms with Crippen LogP contribution in [0.3, 0.4) is 0 Å². The zero-order valence-electron chi connectivity index (χ0n) is 13.3.